The first-order chi connectivity index (χ1) is 8.74. The Labute approximate surface area is 105 Å². The van der Waals surface area contributed by atoms with Crippen LogP contribution in [-0.2, 0) is 18.4 Å². The Hall–Kier alpha value is -1.73. The van der Waals surface area contributed by atoms with Gasteiger partial charge in [-0.2, -0.15) is 5.26 Å². The summed E-state index contributed by atoms with van der Waals surface area (Å²) < 4.78 is 11.5. The zero-order valence-electron chi connectivity index (χ0n) is 10.1. The Morgan fingerprint density at radius 2 is 1.72 bits per heavy atom. The van der Waals surface area contributed by atoms with Gasteiger partial charge in [-0.25, -0.2) is 0 Å². The van der Waals surface area contributed by atoms with Gasteiger partial charge < -0.3 is 15.2 Å². The molecule has 3 aliphatic rings. The highest BCUT2D eigenvalue weighted by molar-refractivity contribution is 5.68. The number of nitrogens with zero attached hydrogens (tertiary/aromatic N) is 1. The Balaban J connectivity index is 2.07. The summed E-state index contributed by atoms with van der Waals surface area (Å²) in [7, 11) is 0. The van der Waals surface area contributed by atoms with Crippen LogP contribution in [0.15, 0.2) is 0 Å². The standard InChI is InChI=1S/C14H14N2O2/c15-7-10-8-1-5-18-13(8)11(14(16)3-4-14)9-2-6-17-12(9)10/h1-6,16H2. The SMILES string of the molecule is N#Cc1c2c(c(C3(N)CC3)c3c1OCC3)OCC2. The summed E-state index contributed by atoms with van der Waals surface area (Å²) in [5, 5.41) is 9.36. The average Bonchev–Trinajstić information content (AvgIpc) is 2.84. The number of ether oxygens (including phenoxy) is 2. The van der Waals surface area contributed by atoms with Crippen LogP contribution in [0.4, 0.5) is 0 Å². The van der Waals surface area contributed by atoms with Crippen LogP contribution in [0, 0.1) is 11.3 Å². The van der Waals surface area contributed by atoms with Crippen molar-refractivity contribution < 1.29 is 9.47 Å². The maximum Gasteiger partial charge on any atom is 0.141 e. The summed E-state index contributed by atoms with van der Waals surface area (Å²) in [6.07, 6.45) is 3.63. The van der Waals surface area contributed by atoms with E-state index in [1.165, 1.54) is 0 Å². The molecular formula is C14H14N2O2. The third kappa shape index (κ3) is 1.12. The van der Waals surface area contributed by atoms with E-state index in [2.05, 4.69) is 6.07 Å². The van der Waals surface area contributed by atoms with Gasteiger partial charge in [0.1, 0.15) is 23.1 Å². The maximum atomic E-state index is 9.36. The fourth-order valence-electron chi connectivity index (χ4n) is 3.14. The fraction of sp³-hybridized carbons (Fsp3) is 0.500. The molecule has 18 heavy (non-hydrogen) atoms. The van der Waals surface area contributed by atoms with E-state index >= 15 is 0 Å². The van der Waals surface area contributed by atoms with Crippen molar-refractivity contribution in [2.45, 2.75) is 31.2 Å². The van der Waals surface area contributed by atoms with E-state index in [0.717, 1.165) is 53.9 Å². The molecule has 0 unspecified atom stereocenters. The summed E-state index contributed by atoms with van der Waals surface area (Å²) in [5.41, 5.74) is 10.1. The normalized spacial score (nSPS) is 21.6. The number of benzene rings is 1. The highest BCUT2D eigenvalue weighted by atomic mass is 16.5. The van der Waals surface area contributed by atoms with Gasteiger partial charge in [0, 0.05) is 35.1 Å². The lowest BCUT2D eigenvalue weighted by molar-refractivity contribution is 0.350. The van der Waals surface area contributed by atoms with Gasteiger partial charge in [0.05, 0.1) is 13.2 Å². The summed E-state index contributed by atoms with van der Waals surface area (Å²) >= 11 is 0. The summed E-state index contributed by atoms with van der Waals surface area (Å²) in [6, 6.07) is 2.28. The first-order valence-electron chi connectivity index (χ1n) is 6.41. The first kappa shape index (κ1) is 10.2. The number of nitriles is 1. The second kappa shape index (κ2) is 3.18. The van der Waals surface area contributed by atoms with Crippen molar-refractivity contribution in [1.82, 2.24) is 0 Å². The quantitative estimate of drug-likeness (QED) is 0.807. The van der Waals surface area contributed by atoms with Crippen LogP contribution in [0.25, 0.3) is 0 Å². The number of nitrogens with two attached hydrogens (primary N) is 1. The molecule has 4 heteroatoms. The second-order valence-electron chi connectivity index (χ2n) is 5.33. The number of hydrogen-bond donors (Lipinski definition) is 1. The molecule has 4 nitrogen and oxygen atoms in total. The zero-order valence-corrected chi connectivity index (χ0v) is 10.1. The van der Waals surface area contributed by atoms with Crippen molar-refractivity contribution in [2.24, 2.45) is 5.73 Å². The van der Waals surface area contributed by atoms with Gasteiger partial charge in [-0.1, -0.05) is 0 Å². The summed E-state index contributed by atoms with van der Waals surface area (Å²) in [4.78, 5) is 0. The van der Waals surface area contributed by atoms with E-state index < -0.39 is 0 Å². The number of fused-ring (bicyclic) bond motifs is 2. The molecule has 0 amide bonds. The summed E-state index contributed by atoms with van der Waals surface area (Å²) in [5.74, 6) is 1.66. The highest BCUT2D eigenvalue weighted by Gasteiger charge is 2.47. The molecule has 2 N–H and O–H groups in total. The molecule has 0 bridgehead atoms. The monoisotopic (exact) mass is 242 g/mol. The molecule has 1 aromatic carbocycles. The second-order valence-corrected chi connectivity index (χ2v) is 5.33. The van der Waals surface area contributed by atoms with Crippen LogP contribution < -0.4 is 15.2 Å². The molecule has 1 saturated carbocycles. The molecule has 2 heterocycles. The molecule has 0 spiro atoms. The molecule has 0 saturated heterocycles. The van der Waals surface area contributed by atoms with Crippen molar-refractivity contribution in [3.05, 3.63) is 22.3 Å². The lowest BCUT2D eigenvalue weighted by Crippen LogP contribution is -2.21. The van der Waals surface area contributed by atoms with Crippen molar-refractivity contribution in [3.8, 4) is 17.6 Å². The van der Waals surface area contributed by atoms with Gasteiger partial charge in [0.25, 0.3) is 0 Å². The Kier molecular flexibility index (Phi) is 1.80. The van der Waals surface area contributed by atoms with E-state index in [4.69, 9.17) is 15.2 Å². The molecular weight excluding hydrogens is 228 g/mol. The highest BCUT2D eigenvalue weighted by Crippen LogP contribution is 2.54. The molecule has 1 fully saturated rings. The van der Waals surface area contributed by atoms with Gasteiger partial charge in [0.2, 0.25) is 0 Å². The number of rotatable bonds is 1. The van der Waals surface area contributed by atoms with E-state index in [1.807, 2.05) is 0 Å². The van der Waals surface area contributed by atoms with Gasteiger partial charge in [-0.15, -0.1) is 0 Å². The van der Waals surface area contributed by atoms with E-state index in [9.17, 15) is 5.26 Å². The minimum atomic E-state index is -0.236. The molecule has 0 aromatic heterocycles. The predicted molar refractivity (Wildman–Crippen MR) is 64.7 cm³/mol. The van der Waals surface area contributed by atoms with Crippen LogP contribution in [0.1, 0.15) is 35.1 Å². The predicted octanol–water partition coefficient (Wildman–Crippen LogP) is 1.38. The van der Waals surface area contributed by atoms with Crippen LogP contribution >= 0.6 is 0 Å². The maximum absolute atomic E-state index is 9.36. The Morgan fingerprint density at radius 3 is 2.39 bits per heavy atom. The third-order valence-corrected chi connectivity index (χ3v) is 4.20. The average molecular weight is 242 g/mol. The third-order valence-electron chi connectivity index (χ3n) is 4.20. The van der Waals surface area contributed by atoms with Gasteiger partial charge in [0.15, 0.2) is 0 Å². The minimum absolute atomic E-state index is 0.236. The van der Waals surface area contributed by atoms with Crippen molar-refractivity contribution in [2.75, 3.05) is 13.2 Å². The van der Waals surface area contributed by atoms with Crippen LogP contribution in [-0.4, -0.2) is 13.2 Å². The van der Waals surface area contributed by atoms with Gasteiger partial charge in [-0.3, -0.25) is 0 Å². The molecule has 1 aliphatic carbocycles. The lowest BCUT2D eigenvalue weighted by atomic mass is 9.90. The largest absolute Gasteiger partial charge is 0.493 e. The van der Waals surface area contributed by atoms with E-state index in [0.29, 0.717) is 18.8 Å². The van der Waals surface area contributed by atoms with Crippen molar-refractivity contribution >= 4 is 0 Å². The van der Waals surface area contributed by atoms with Crippen LogP contribution in [0.5, 0.6) is 11.5 Å². The Bertz CT molecular complexity index is 562. The van der Waals surface area contributed by atoms with Crippen molar-refractivity contribution in [1.29, 1.82) is 5.26 Å². The number of hydrogen-bond acceptors (Lipinski definition) is 4. The zero-order chi connectivity index (χ0) is 12.3. The lowest BCUT2D eigenvalue weighted by Gasteiger charge is -2.19. The van der Waals surface area contributed by atoms with Gasteiger partial charge in [-0.05, 0) is 12.8 Å². The van der Waals surface area contributed by atoms with Gasteiger partial charge >= 0.3 is 0 Å². The molecule has 4 rings (SSSR count). The van der Waals surface area contributed by atoms with Crippen molar-refractivity contribution in [3.63, 3.8) is 0 Å². The molecule has 92 valence electrons. The van der Waals surface area contributed by atoms with Crippen LogP contribution in [0.3, 0.4) is 0 Å². The molecule has 1 aromatic rings. The fourth-order valence-corrected chi connectivity index (χ4v) is 3.14. The smallest absolute Gasteiger partial charge is 0.141 e. The topological polar surface area (TPSA) is 68.3 Å². The van der Waals surface area contributed by atoms with E-state index in [-0.39, 0.29) is 5.54 Å². The molecule has 0 radical (unpaired) electrons. The molecule has 0 atom stereocenters. The summed E-state index contributed by atoms with van der Waals surface area (Å²) in [6.45, 7) is 1.30. The van der Waals surface area contributed by atoms with E-state index in [1.54, 1.807) is 0 Å². The molecule has 2 aliphatic heterocycles. The Morgan fingerprint density at radius 1 is 1.06 bits per heavy atom. The first-order valence-corrected chi connectivity index (χ1v) is 6.41. The minimum Gasteiger partial charge on any atom is -0.493 e. The van der Waals surface area contributed by atoms with Crippen LogP contribution in [0.2, 0.25) is 0 Å².